The molecule has 0 bridgehead atoms. The van der Waals surface area contributed by atoms with Gasteiger partial charge in [0.1, 0.15) is 11.8 Å². The minimum absolute atomic E-state index is 0.144. The van der Waals surface area contributed by atoms with Gasteiger partial charge in [0.05, 0.1) is 0 Å². The van der Waals surface area contributed by atoms with Crippen molar-refractivity contribution in [3.8, 4) is 16.9 Å². The number of carbonyl (C=O) groups excluding carboxylic acids is 2. The molecule has 1 atom stereocenters. The number of aromatic nitrogens is 1. The van der Waals surface area contributed by atoms with E-state index >= 15 is 0 Å². The summed E-state index contributed by atoms with van der Waals surface area (Å²) in [4.78, 5) is 27.6. The van der Waals surface area contributed by atoms with Gasteiger partial charge in [0, 0.05) is 23.8 Å². The number of amides is 2. The molecular formula is C17H18ClN3O3. The molecule has 7 heteroatoms. The normalized spacial score (nSPS) is 11.7. The summed E-state index contributed by atoms with van der Waals surface area (Å²) >= 11 is 6.00. The second-order valence-electron chi connectivity index (χ2n) is 5.36. The maximum atomic E-state index is 12.1. The minimum atomic E-state index is -0.737. The van der Waals surface area contributed by atoms with Crippen LogP contribution in [0.15, 0.2) is 30.5 Å². The van der Waals surface area contributed by atoms with Crippen LogP contribution in [0.25, 0.3) is 11.1 Å². The van der Waals surface area contributed by atoms with Crippen LogP contribution in [0.3, 0.4) is 0 Å². The molecule has 1 aromatic heterocycles. The van der Waals surface area contributed by atoms with Crippen molar-refractivity contribution in [1.82, 2.24) is 15.6 Å². The average Bonchev–Trinajstić information content (AvgIpc) is 2.55. The highest BCUT2D eigenvalue weighted by Gasteiger charge is 2.19. The Morgan fingerprint density at radius 1 is 1.29 bits per heavy atom. The van der Waals surface area contributed by atoms with Crippen molar-refractivity contribution in [2.24, 2.45) is 0 Å². The number of nitrogens with one attached hydrogen (secondary N) is 2. The number of benzene rings is 1. The summed E-state index contributed by atoms with van der Waals surface area (Å²) in [7, 11) is 1.48. The topological polar surface area (TPSA) is 91.3 Å². The van der Waals surface area contributed by atoms with Crippen molar-refractivity contribution >= 4 is 23.4 Å². The number of likely N-dealkylation sites (N-methyl/N-ethyl adjacent to an activating group) is 1. The number of aromatic hydroxyl groups is 1. The van der Waals surface area contributed by atoms with Crippen molar-refractivity contribution in [3.05, 3.63) is 46.7 Å². The number of halogens is 1. The first-order valence-corrected chi connectivity index (χ1v) is 7.69. The van der Waals surface area contributed by atoms with E-state index in [0.29, 0.717) is 10.6 Å². The second kappa shape index (κ2) is 7.31. The Kier molecular flexibility index (Phi) is 5.41. The summed E-state index contributed by atoms with van der Waals surface area (Å²) in [5, 5.41) is 15.6. The third kappa shape index (κ3) is 3.83. The van der Waals surface area contributed by atoms with Gasteiger partial charge in [-0.15, -0.1) is 0 Å². The molecular weight excluding hydrogens is 330 g/mol. The lowest BCUT2D eigenvalue weighted by molar-refractivity contribution is -0.122. The van der Waals surface area contributed by atoms with E-state index < -0.39 is 11.9 Å². The number of aryl methyl sites for hydroxylation is 1. The molecule has 0 aliphatic rings. The SMILES string of the molecule is CNC(=O)C(C)NC(=O)c1ncc(-c2cc(Cl)ccc2C)cc1O. The van der Waals surface area contributed by atoms with Gasteiger partial charge >= 0.3 is 0 Å². The molecule has 0 spiro atoms. The van der Waals surface area contributed by atoms with Gasteiger partial charge in [-0.3, -0.25) is 9.59 Å². The molecule has 2 amide bonds. The van der Waals surface area contributed by atoms with E-state index in [1.54, 1.807) is 12.1 Å². The molecule has 1 unspecified atom stereocenters. The maximum absolute atomic E-state index is 12.1. The van der Waals surface area contributed by atoms with E-state index in [9.17, 15) is 14.7 Å². The molecule has 1 aromatic carbocycles. The van der Waals surface area contributed by atoms with Gasteiger partial charge in [0.2, 0.25) is 5.91 Å². The van der Waals surface area contributed by atoms with Gasteiger partial charge in [-0.2, -0.15) is 0 Å². The highest BCUT2D eigenvalue weighted by atomic mass is 35.5. The molecule has 0 aliphatic heterocycles. The van der Waals surface area contributed by atoms with E-state index in [0.717, 1.165) is 11.1 Å². The van der Waals surface area contributed by atoms with Gasteiger partial charge in [-0.25, -0.2) is 4.98 Å². The number of pyridine rings is 1. The van der Waals surface area contributed by atoms with Crippen molar-refractivity contribution < 1.29 is 14.7 Å². The van der Waals surface area contributed by atoms with Gasteiger partial charge in [0.15, 0.2) is 5.69 Å². The van der Waals surface area contributed by atoms with Crippen molar-refractivity contribution in [2.75, 3.05) is 7.05 Å². The van der Waals surface area contributed by atoms with E-state index in [2.05, 4.69) is 15.6 Å². The van der Waals surface area contributed by atoms with Crippen LogP contribution in [0.4, 0.5) is 0 Å². The lowest BCUT2D eigenvalue weighted by Crippen LogP contribution is -2.43. The maximum Gasteiger partial charge on any atom is 0.274 e. The molecule has 2 aromatic rings. The summed E-state index contributed by atoms with van der Waals surface area (Å²) < 4.78 is 0. The van der Waals surface area contributed by atoms with Crippen LogP contribution < -0.4 is 10.6 Å². The standard InChI is InChI=1S/C17H18ClN3O3/c1-9-4-5-12(18)7-13(9)11-6-14(22)15(20-8-11)17(24)21-10(2)16(23)19-3/h4-8,10,22H,1-3H3,(H,19,23)(H,21,24). The Hall–Kier alpha value is -2.60. The van der Waals surface area contributed by atoms with Crippen LogP contribution >= 0.6 is 11.6 Å². The third-order valence-electron chi connectivity index (χ3n) is 3.58. The molecule has 3 N–H and O–H groups in total. The van der Waals surface area contributed by atoms with Crippen LogP contribution in [0.5, 0.6) is 5.75 Å². The minimum Gasteiger partial charge on any atom is -0.505 e. The number of hydrogen-bond acceptors (Lipinski definition) is 4. The van der Waals surface area contributed by atoms with Gasteiger partial charge in [-0.1, -0.05) is 17.7 Å². The lowest BCUT2D eigenvalue weighted by Gasteiger charge is -2.13. The molecule has 6 nitrogen and oxygen atoms in total. The summed E-state index contributed by atoms with van der Waals surface area (Å²) in [5.74, 6) is -1.24. The first-order valence-electron chi connectivity index (χ1n) is 7.31. The fraction of sp³-hybridized carbons (Fsp3) is 0.235. The summed E-state index contributed by atoms with van der Waals surface area (Å²) in [6, 6.07) is 6.11. The van der Waals surface area contributed by atoms with Crippen LogP contribution in [0.2, 0.25) is 5.02 Å². The van der Waals surface area contributed by atoms with E-state index in [1.807, 2.05) is 13.0 Å². The Balaban J connectivity index is 2.28. The smallest absolute Gasteiger partial charge is 0.274 e. The monoisotopic (exact) mass is 347 g/mol. The zero-order valence-electron chi connectivity index (χ0n) is 13.6. The Labute approximate surface area is 144 Å². The lowest BCUT2D eigenvalue weighted by atomic mass is 10.0. The van der Waals surface area contributed by atoms with Crippen molar-refractivity contribution in [2.45, 2.75) is 19.9 Å². The summed E-state index contributed by atoms with van der Waals surface area (Å²) in [5.41, 5.74) is 2.28. The van der Waals surface area contributed by atoms with Crippen LogP contribution in [0, 0.1) is 6.92 Å². The fourth-order valence-corrected chi connectivity index (χ4v) is 2.40. The molecule has 0 saturated heterocycles. The molecule has 0 saturated carbocycles. The number of hydrogen-bond donors (Lipinski definition) is 3. The van der Waals surface area contributed by atoms with Crippen molar-refractivity contribution in [3.63, 3.8) is 0 Å². The van der Waals surface area contributed by atoms with Crippen molar-refractivity contribution in [1.29, 1.82) is 0 Å². The quantitative estimate of drug-likeness (QED) is 0.791. The summed E-state index contributed by atoms with van der Waals surface area (Å²) in [6.07, 6.45) is 1.48. The van der Waals surface area contributed by atoms with Crippen LogP contribution in [0.1, 0.15) is 23.0 Å². The molecule has 126 valence electrons. The summed E-state index contributed by atoms with van der Waals surface area (Å²) in [6.45, 7) is 3.45. The first kappa shape index (κ1) is 17.7. The Morgan fingerprint density at radius 3 is 2.62 bits per heavy atom. The van der Waals surface area contributed by atoms with Crippen LogP contribution in [-0.4, -0.2) is 35.0 Å². The third-order valence-corrected chi connectivity index (χ3v) is 3.82. The number of rotatable bonds is 4. The van der Waals surface area contributed by atoms with Crippen LogP contribution in [-0.2, 0) is 4.79 Å². The predicted octanol–water partition coefficient (Wildman–Crippen LogP) is 2.28. The number of carbonyl (C=O) groups is 2. The first-order chi connectivity index (χ1) is 11.3. The molecule has 1 heterocycles. The Bertz CT molecular complexity index is 793. The highest BCUT2D eigenvalue weighted by molar-refractivity contribution is 6.30. The zero-order valence-corrected chi connectivity index (χ0v) is 14.3. The van der Waals surface area contributed by atoms with Gasteiger partial charge in [-0.05, 0) is 43.2 Å². The molecule has 2 rings (SSSR count). The van der Waals surface area contributed by atoms with Gasteiger partial charge in [0.25, 0.3) is 5.91 Å². The van der Waals surface area contributed by atoms with Gasteiger partial charge < -0.3 is 15.7 Å². The highest BCUT2D eigenvalue weighted by Crippen LogP contribution is 2.29. The second-order valence-corrected chi connectivity index (χ2v) is 5.80. The predicted molar refractivity (Wildman–Crippen MR) is 92.1 cm³/mol. The van der Waals surface area contributed by atoms with E-state index in [-0.39, 0.29) is 17.4 Å². The largest absolute Gasteiger partial charge is 0.505 e. The molecule has 0 aliphatic carbocycles. The average molecular weight is 348 g/mol. The van der Waals surface area contributed by atoms with E-state index in [1.165, 1.54) is 26.2 Å². The Morgan fingerprint density at radius 2 is 2.00 bits per heavy atom. The fourth-order valence-electron chi connectivity index (χ4n) is 2.23. The number of nitrogens with zero attached hydrogens (tertiary/aromatic N) is 1. The molecule has 24 heavy (non-hydrogen) atoms. The molecule has 0 fully saturated rings. The molecule has 0 radical (unpaired) electrons. The zero-order chi connectivity index (χ0) is 17.9. The van der Waals surface area contributed by atoms with E-state index in [4.69, 9.17) is 11.6 Å².